The van der Waals surface area contributed by atoms with E-state index in [4.69, 9.17) is 21.1 Å². The summed E-state index contributed by atoms with van der Waals surface area (Å²) in [5.74, 6) is 1.06. The monoisotopic (exact) mass is 405 g/mol. The van der Waals surface area contributed by atoms with E-state index in [0.717, 1.165) is 5.39 Å². The SMILES string of the molecule is COc1cc(C#N)c(Nc2c3ccc(Cl)cc3nc3ccc(O)cc23)cc1OC. The number of halogens is 1. The maximum absolute atomic E-state index is 10.0. The summed E-state index contributed by atoms with van der Waals surface area (Å²) in [5.41, 5.74) is 2.99. The molecule has 0 saturated heterocycles. The molecule has 29 heavy (non-hydrogen) atoms. The van der Waals surface area contributed by atoms with E-state index in [1.165, 1.54) is 14.2 Å². The zero-order chi connectivity index (χ0) is 20.5. The van der Waals surface area contributed by atoms with Gasteiger partial charge in [0.15, 0.2) is 11.5 Å². The van der Waals surface area contributed by atoms with E-state index in [9.17, 15) is 10.4 Å². The van der Waals surface area contributed by atoms with Crippen molar-refractivity contribution in [3.05, 3.63) is 59.1 Å². The number of nitriles is 1. The van der Waals surface area contributed by atoms with Gasteiger partial charge in [0.25, 0.3) is 0 Å². The predicted molar refractivity (Wildman–Crippen MR) is 113 cm³/mol. The normalized spacial score (nSPS) is 10.7. The van der Waals surface area contributed by atoms with Crippen LogP contribution in [0, 0.1) is 11.3 Å². The molecule has 0 saturated carbocycles. The highest BCUT2D eigenvalue weighted by Gasteiger charge is 2.15. The minimum absolute atomic E-state index is 0.114. The van der Waals surface area contributed by atoms with Crippen LogP contribution >= 0.6 is 11.6 Å². The summed E-state index contributed by atoms with van der Waals surface area (Å²) in [4.78, 5) is 4.64. The summed E-state index contributed by atoms with van der Waals surface area (Å²) in [7, 11) is 3.05. The maximum Gasteiger partial charge on any atom is 0.162 e. The molecule has 2 N–H and O–H groups in total. The first kappa shape index (κ1) is 18.7. The van der Waals surface area contributed by atoms with Crippen molar-refractivity contribution in [1.82, 2.24) is 4.98 Å². The third-order valence-corrected chi connectivity index (χ3v) is 4.86. The summed E-state index contributed by atoms with van der Waals surface area (Å²) in [6.45, 7) is 0. The third-order valence-electron chi connectivity index (χ3n) is 4.62. The van der Waals surface area contributed by atoms with Gasteiger partial charge < -0.3 is 19.9 Å². The van der Waals surface area contributed by atoms with Crippen LogP contribution in [0.5, 0.6) is 17.2 Å². The number of anilines is 2. The zero-order valence-corrected chi connectivity index (χ0v) is 16.4. The van der Waals surface area contributed by atoms with Crippen molar-refractivity contribution in [2.24, 2.45) is 0 Å². The fourth-order valence-electron chi connectivity index (χ4n) is 3.25. The Balaban J connectivity index is 2.00. The van der Waals surface area contributed by atoms with Gasteiger partial charge in [0.2, 0.25) is 0 Å². The van der Waals surface area contributed by atoms with Gasteiger partial charge in [0.1, 0.15) is 11.8 Å². The Hall–Kier alpha value is -3.69. The summed E-state index contributed by atoms with van der Waals surface area (Å²) in [5, 5.41) is 25.1. The van der Waals surface area contributed by atoms with Crippen LogP contribution in [0.25, 0.3) is 21.8 Å². The van der Waals surface area contributed by atoms with Gasteiger partial charge in [0.05, 0.1) is 42.2 Å². The minimum atomic E-state index is 0.114. The number of hydrogen-bond acceptors (Lipinski definition) is 6. The fraction of sp³-hybridized carbons (Fsp3) is 0.0909. The van der Waals surface area contributed by atoms with E-state index < -0.39 is 0 Å². The van der Waals surface area contributed by atoms with E-state index >= 15 is 0 Å². The molecule has 3 aromatic carbocycles. The lowest BCUT2D eigenvalue weighted by molar-refractivity contribution is 0.355. The zero-order valence-electron chi connectivity index (χ0n) is 15.7. The Bertz CT molecular complexity index is 1300. The van der Waals surface area contributed by atoms with E-state index in [1.807, 2.05) is 6.07 Å². The van der Waals surface area contributed by atoms with Gasteiger partial charge in [-0.3, -0.25) is 0 Å². The van der Waals surface area contributed by atoms with Crippen LogP contribution in [-0.4, -0.2) is 24.3 Å². The molecule has 1 aromatic heterocycles. The second kappa shape index (κ2) is 7.38. The Kier molecular flexibility index (Phi) is 4.75. The topological polar surface area (TPSA) is 87.4 Å². The van der Waals surface area contributed by atoms with E-state index in [2.05, 4.69) is 16.4 Å². The molecule has 4 aromatic rings. The molecular weight excluding hydrogens is 390 g/mol. The molecule has 0 spiro atoms. The number of hydrogen-bond donors (Lipinski definition) is 2. The average Bonchev–Trinajstić information content (AvgIpc) is 2.73. The standard InChI is InChI=1S/C22H16ClN3O3/c1-28-20-7-12(11-24)18(10-21(20)29-2)26-22-15-5-3-13(23)8-19(15)25-17-6-4-14(27)9-16(17)22/h3-10,27H,1-2H3,(H,25,26). The highest BCUT2D eigenvalue weighted by atomic mass is 35.5. The lowest BCUT2D eigenvalue weighted by Crippen LogP contribution is -2.00. The average molecular weight is 406 g/mol. The van der Waals surface area contributed by atoms with Crippen LogP contribution in [0.4, 0.5) is 11.4 Å². The molecule has 0 aliphatic carbocycles. The first-order valence-corrected chi connectivity index (χ1v) is 9.07. The number of phenolic OH excluding ortho intramolecular Hbond substituents is 1. The van der Waals surface area contributed by atoms with Crippen molar-refractivity contribution in [2.45, 2.75) is 0 Å². The lowest BCUT2D eigenvalue weighted by atomic mass is 10.1. The Morgan fingerprint density at radius 3 is 2.45 bits per heavy atom. The number of nitrogens with one attached hydrogen (secondary N) is 1. The van der Waals surface area contributed by atoms with Gasteiger partial charge >= 0.3 is 0 Å². The minimum Gasteiger partial charge on any atom is -0.508 e. The van der Waals surface area contributed by atoms with E-state index in [-0.39, 0.29) is 5.75 Å². The number of methoxy groups -OCH3 is 2. The van der Waals surface area contributed by atoms with Crippen molar-refractivity contribution in [1.29, 1.82) is 5.26 Å². The van der Waals surface area contributed by atoms with Gasteiger partial charge in [-0.15, -0.1) is 0 Å². The fourth-order valence-corrected chi connectivity index (χ4v) is 3.42. The molecule has 0 bridgehead atoms. The number of aromatic hydroxyl groups is 1. The van der Waals surface area contributed by atoms with Crippen LogP contribution in [0.2, 0.25) is 5.02 Å². The molecule has 0 aliphatic rings. The van der Waals surface area contributed by atoms with Gasteiger partial charge in [-0.25, -0.2) is 4.98 Å². The number of nitrogens with zero attached hydrogens (tertiary/aromatic N) is 2. The molecule has 7 heteroatoms. The third kappa shape index (κ3) is 3.33. The summed E-state index contributed by atoms with van der Waals surface area (Å²) in [6, 6.07) is 15.8. The molecule has 6 nitrogen and oxygen atoms in total. The molecule has 1 heterocycles. The summed E-state index contributed by atoms with van der Waals surface area (Å²) >= 11 is 6.15. The number of benzene rings is 3. The van der Waals surface area contributed by atoms with Crippen LogP contribution in [0.15, 0.2) is 48.5 Å². The summed E-state index contributed by atoms with van der Waals surface area (Å²) in [6.07, 6.45) is 0. The van der Waals surface area contributed by atoms with Crippen LogP contribution < -0.4 is 14.8 Å². The number of ether oxygens (including phenoxy) is 2. The van der Waals surface area contributed by atoms with Crippen molar-refractivity contribution in [3.63, 3.8) is 0 Å². The van der Waals surface area contributed by atoms with Gasteiger partial charge in [-0.1, -0.05) is 11.6 Å². The van der Waals surface area contributed by atoms with Crippen LogP contribution in [0.3, 0.4) is 0 Å². The molecule has 144 valence electrons. The number of fused-ring (bicyclic) bond motifs is 2. The summed E-state index contributed by atoms with van der Waals surface area (Å²) < 4.78 is 10.7. The molecule has 4 rings (SSSR count). The lowest BCUT2D eigenvalue weighted by Gasteiger charge is -2.16. The van der Waals surface area contributed by atoms with Gasteiger partial charge in [-0.2, -0.15) is 5.26 Å². The highest BCUT2D eigenvalue weighted by molar-refractivity contribution is 6.31. The molecule has 0 amide bonds. The molecule has 0 unspecified atom stereocenters. The first-order chi connectivity index (χ1) is 14.0. The molecule has 0 radical (unpaired) electrons. The van der Waals surface area contributed by atoms with E-state index in [0.29, 0.717) is 49.9 Å². The second-order valence-corrected chi connectivity index (χ2v) is 6.78. The predicted octanol–water partition coefficient (Wildman–Crippen LogP) is 5.38. The van der Waals surface area contributed by atoms with Crippen molar-refractivity contribution in [3.8, 4) is 23.3 Å². The molecular formula is C22H16ClN3O3. The number of phenols is 1. The van der Waals surface area contributed by atoms with Gasteiger partial charge in [0, 0.05) is 27.9 Å². The number of rotatable bonds is 4. The van der Waals surface area contributed by atoms with Crippen molar-refractivity contribution < 1.29 is 14.6 Å². The van der Waals surface area contributed by atoms with Crippen molar-refractivity contribution in [2.75, 3.05) is 19.5 Å². The van der Waals surface area contributed by atoms with E-state index in [1.54, 1.807) is 42.5 Å². The number of pyridine rings is 1. The smallest absolute Gasteiger partial charge is 0.162 e. The van der Waals surface area contributed by atoms with Gasteiger partial charge in [-0.05, 0) is 36.4 Å². The molecule has 0 aliphatic heterocycles. The van der Waals surface area contributed by atoms with Crippen LogP contribution in [-0.2, 0) is 0 Å². The van der Waals surface area contributed by atoms with Crippen molar-refractivity contribution >= 4 is 44.8 Å². The Morgan fingerprint density at radius 2 is 1.72 bits per heavy atom. The molecule has 0 atom stereocenters. The largest absolute Gasteiger partial charge is 0.508 e. The first-order valence-electron chi connectivity index (χ1n) is 8.69. The second-order valence-electron chi connectivity index (χ2n) is 6.34. The molecule has 0 fully saturated rings. The Morgan fingerprint density at radius 1 is 0.966 bits per heavy atom. The highest BCUT2D eigenvalue weighted by Crippen LogP contribution is 2.39. The number of aromatic nitrogens is 1. The van der Waals surface area contributed by atoms with Crippen LogP contribution in [0.1, 0.15) is 5.56 Å². The quantitative estimate of drug-likeness (QED) is 0.443. The maximum atomic E-state index is 10.0. The Labute approximate surface area is 171 Å².